The van der Waals surface area contributed by atoms with Crippen LogP contribution in [0, 0.1) is 5.41 Å². The monoisotopic (exact) mass is 334 g/mol. The summed E-state index contributed by atoms with van der Waals surface area (Å²) in [6, 6.07) is 1.27. The van der Waals surface area contributed by atoms with Gasteiger partial charge in [-0.15, -0.1) is 0 Å². The maximum absolute atomic E-state index is 12.4. The Kier molecular flexibility index (Phi) is 5.50. The molecule has 120 valence electrons. The van der Waals surface area contributed by atoms with Gasteiger partial charge in [-0.1, -0.05) is 27.7 Å². The lowest BCUT2D eigenvalue weighted by molar-refractivity contribution is 0.0900. The van der Waals surface area contributed by atoms with Crippen LogP contribution in [0.2, 0.25) is 0 Å². The number of rotatable bonds is 5. The Labute approximate surface area is 131 Å². The van der Waals surface area contributed by atoms with Gasteiger partial charge in [0.15, 0.2) is 0 Å². The number of aryl methyl sites for hydroxylation is 1. The Morgan fingerprint density at radius 3 is 2.43 bits per heavy atom. The van der Waals surface area contributed by atoms with E-state index in [1.54, 1.807) is 4.57 Å². The summed E-state index contributed by atoms with van der Waals surface area (Å²) in [7, 11) is 1.51. The molecule has 0 radical (unpaired) electrons. The van der Waals surface area contributed by atoms with Gasteiger partial charge < -0.3 is 9.88 Å². The number of amides is 1. The van der Waals surface area contributed by atoms with Gasteiger partial charge in [-0.05, 0) is 24.8 Å². The van der Waals surface area contributed by atoms with E-state index >= 15 is 0 Å². The number of hydrogen-bond donors (Lipinski definition) is 1. The molecule has 0 aliphatic heterocycles. The summed E-state index contributed by atoms with van der Waals surface area (Å²) in [4.78, 5) is 12.3. The standard InChI is InChI=1S/C14H23ClN2O3S/c1-6-7-17-9-11(21(15,19)20)8-12(17)13(18)16-10(2)14(3,4)5/h8-10H,6-7H2,1-5H3,(H,16,18). The fraction of sp³-hybridized carbons (Fsp3) is 0.643. The predicted molar refractivity (Wildman–Crippen MR) is 84.1 cm³/mol. The summed E-state index contributed by atoms with van der Waals surface area (Å²) < 4.78 is 24.5. The number of nitrogens with zero attached hydrogens (tertiary/aromatic N) is 1. The summed E-state index contributed by atoms with van der Waals surface area (Å²) in [6.45, 7) is 10.5. The van der Waals surface area contributed by atoms with E-state index in [-0.39, 0.29) is 22.3 Å². The number of carbonyl (C=O) groups is 1. The largest absolute Gasteiger partial charge is 0.348 e. The van der Waals surface area contributed by atoms with E-state index in [4.69, 9.17) is 10.7 Å². The lowest BCUT2D eigenvalue weighted by atomic mass is 9.88. The van der Waals surface area contributed by atoms with Crippen LogP contribution in [0.3, 0.4) is 0 Å². The number of nitrogens with one attached hydrogen (secondary N) is 1. The van der Waals surface area contributed by atoms with Gasteiger partial charge in [0.1, 0.15) is 10.6 Å². The number of aromatic nitrogens is 1. The second kappa shape index (κ2) is 6.40. The minimum absolute atomic E-state index is 0.0498. The van der Waals surface area contributed by atoms with E-state index < -0.39 is 9.05 Å². The van der Waals surface area contributed by atoms with Crippen LogP contribution in [0.5, 0.6) is 0 Å². The van der Waals surface area contributed by atoms with Gasteiger partial charge in [0, 0.05) is 29.5 Å². The van der Waals surface area contributed by atoms with Crippen LogP contribution in [0.1, 0.15) is 51.5 Å². The molecule has 1 unspecified atom stereocenters. The summed E-state index contributed by atoms with van der Waals surface area (Å²) in [5.74, 6) is -0.294. The fourth-order valence-corrected chi connectivity index (χ4v) is 2.48. The van der Waals surface area contributed by atoms with Crippen molar-refractivity contribution in [1.29, 1.82) is 0 Å². The van der Waals surface area contributed by atoms with Crippen molar-refractivity contribution in [3.8, 4) is 0 Å². The Hall–Kier alpha value is -1.01. The molecule has 0 fully saturated rings. The Morgan fingerprint density at radius 1 is 1.43 bits per heavy atom. The molecule has 1 aromatic rings. The molecule has 0 aliphatic rings. The highest BCUT2D eigenvalue weighted by Crippen LogP contribution is 2.21. The van der Waals surface area contributed by atoms with E-state index in [0.717, 1.165) is 6.42 Å². The second-order valence-electron chi connectivity index (χ2n) is 6.25. The van der Waals surface area contributed by atoms with E-state index in [1.165, 1.54) is 12.3 Å². The zero-order valence-corrected chi connectivity index (χ0v) is 14.7. The van der Waals surface area contributed by atoms with Crippen LogP contribution in [-0.2, 0) is 15.6 Å². The molecule has 1 atom stereocenters. The van der Waals surface area contributed by atoms with Crippen molar-refractivity contribution < 1.29 is 13.2 Å². The lowest BCUT2D eigenvalue weighted by Crippen LogP contribution is -2.42. The zero-order valence-electron chi connectivity index (χ0n) is 13.1. The first kappa shape index (κ1) is 18.0. The molecular weight excluding hydrogens is 312 g/mol. The predicted octanol–water partition coefficient (Wildman–Crippen LogP) is 2.99. The van der Waals surface area contributed by atoms with Crippen molar-refractivity contribution in [2.45, 2.75) is 58.5 Å². The molecule has 21 heavy (non-hydrogen) atoms. The maximum atomic E-state index is 12.4. The van der Waals surface area contributed by atoms with Crippen LogP contribution >= 0.6 is 10.7 Å². The molecule has 5 nitrogen and oxygen atoms in total. The van der Waals surface area contributed by atoms with Crippen molar-refractivity contribution in [3.63, 3.8) is 0 Å². The van der Waals surface area contributed by atoms with Gasteiger partial charge in [-0.3, -0.25) is 4.79 Å². The highest BCUT2D eigenvalue weighted by Gasteiger charge is 2.25. The van der Waals surface area contributed by atoms with E-state index in [9.17, 15) is 13.2 Å². The highest BCUT2D eigenvalue weighted by atomic mass is 35.7. The average Bonchev–Trinajstić information content (AvgIpc) is 2.72. The molecule has 0 spiro atoms. The summed E-state index contributed by atoms with van der Waals surface area (Å²) in [5, 5.41) is 2.90. The molecule has 1 aromatic heterocycles. The first-order valence-corrected chi connectivity index (χ1v) is 9.23. The van der Waals surface area contributed by atoms with Gasteiger partial charge in [-0.25, -0.2) is 8.42 Å². The van der Waals surface area contributed by atoms with Crippen LogP contribution in [0.25, 0.3) is 0 Å². The summed E-state index contributed by atoms with van der Waals surface area (Å²) >= 11 is 0. The van der Waals surface area contributed by atoms with Crippen molar-refractivity contribution in [1.82, 2.24) is 9.88 Å². The van der Waals surface area contributed by atoms with Crippen LogP contribution in [0.4, 0.5) is 0 Å². The molecule has 0 saturated heterocycles. The van der Waals surface area contributed by atoms with Gasteiger partial charge in [0.25, 0.3) is 15.0 Å². The van der Waals surface area contributed by atoms with Crippen LogP contribution in [0.15, 0.2) is 17.2 Å². The van der Waals surface area contributed by atoms with Crippen LogP contribution in [-0.4, -0.2) is 24.9 Å². The normalized spacial score (nSPS) is 14.0. The van der Waals surface area contributed by atoms with Crippen LogP contribution < -0.4 is 5.32 Å². The fourth-order valence-electron chi connectivity index (χ4n) is 1.72. The molecule has 1 amide bonds. The molecular formula is C14H23ClN2O3S. The molecule has 1 heterocycles. The minimum Gasteiger partial charge on any atom is -0.348 e. The molecule has 0 bridgehead atoms. The molecule has 1 rings (SSSR count). The summed E-state index contributed by atoms with van der Waals surface area (Å²) in [5.41, 5.74) is 0.228. The van der Waals surface area contributed by atoms with Crippen molar-refractivity contribution in [2.24, 2.45) is 5.41 Å². The summed E-state index contributed by atoms with van der Waals surface area (Å²) in [6.07, 6.45) is 2.19. The third kappa shape index (κ3) is 4.74. The lowest BCUT2D eigenvalue weighted by Gasteiger charge is -2.28. The highest BCUT2D eigenvalue weighted by molar-refractivity contribution is 8.13. The smallest absolute Gasteiger partial charge is 0.268 e. The Bertz CT molecular complexity index is 615. The third-order valence-corrected chi connectivity index (χ3v) is 4.82. The Morgan fingerprint density at radius 2 is 2.00 bits per heavy atom. The zero-order chi connectivity index (χ0) is 16.4. The number of halogens is 1. The SMILES string of the molecule is CCCn1cc(S(=O)(=O)Cl)cc1C(=O)NC(C)C(C)(C)C. The first-order valence-electron chi connectivity index (χ1n) is 6.92. The van der Waals surface area contributed by atoms with E-state index in [0.29, 0.717) is 12.2 Å². The van der Waals surface area contributed by atoms with E-state index in [1.807, 2.05) is 34.6 Å². The molecule has 0 aliphatic carbocycles. The topological polar surface area (TPSA) is 68.2 Å². The maximum Gasteiger partial charge on any atom is 0.268 e. The first-order chi connectivity index (χ1) is 9.46. The third-order valence-electron chi connectivity index (χ3n) is 3.50. The van der Waals surface area contributed by atoms with Gasteiger partial charge in [-0.2, -0.15) is 0 Å². The number of hydrogen-bond acceptors (Lipinski definition) is 3. The van der Waals surface area contributed by atoms with Gasteiger partial charge in [0.05, 0.1) is 0 Å². The van der Waals surface area contributed by atoms with Gasteiger partial charge in [0.2, 0.25) is 0 Å². The van der Waals surface area contributed by atoms with Crippen molar-refractivity contribution >= 4 is 25.6 Å². The molecule has 0 saturated carbocycles. The molecule has 7 heteroatoms. The average molecular weight is 335 g/mol. The quantitative estimate of drug-likeness (QED) is 0.842. The van der Waals surface area contributed by atoms with Gasteiger partial charge >= 0.3 is 0 Å². The molecule has 1 N–H and O–H groups in total. The minimum atomic E-state index is -3.84. The second-order valence-corrected chi connectivity index (χ2v) is 8.82. The Balaban J connectivity index is 3.11. The molecule has 0 aromatic carbocycles. The van der Waals surface area contributed by atoms with Crippen molar-refractivity contribution in [3.05, 3.63) is 18.0 Å². The van der Waals surface area contributed by atoms with E-state index in [2.05, 4.69) is 5.32 Å². The number of carbonyl (C=O) groups excluding carboxylic acids is 1. The van der Waals surface area contributed by atoms with Crippen molar-refractivity contribution in [2.75, 3.05) is 0 Å².